The Morgan fingerprint density at radius 1 is 1.27 bits per heavy atom. The lowest BCUT2D eigenvalue weighted by Gasteiger charge is -2.19. The number of halogens is 1. The Labute approximate surface area is 95.3 Å². The molecule has 2 N–H and O–H groups in total. The lowest BCUT2D eigenvalue weighted by molar-refractivity contribution is 0.584. The first-order chi connectivity index (χ1) is 6.62. The lowest BCUT2D eigenvalue weighted by Crippen LogP contribution is -2.16. The van der Waals surface area contributed by atoms with E-state index in [2.05, 4.69) is 0 Å². The molecule has 0 aliphatic heterocycles. The molecule has 0 bridgehead atoms. The molecule has 0 heterocycles. The van der Waals surface area contributed by atoms with Crippen molar-refractivity contribution in [3.8, 4) is 0 Å². The third kappa shape index (κ3) is 2.93. The van der Waals surface area contributed by atoms with Crippen molar-refractivity contribution < 1.29 is 8.42 Å². The number of hydrogen-bond donors (Lipinski definition) is 1. The summed E-state index contributed by atoms with van der Waals surface area (Å²) in [7, 11) is -3.75. The van der Waals surface area contributed by atoms with Crippen LogP contribution in [0.25, 0.3) is 0 Å². The van der Waals surface area contributed by atoms with Crippen molar-refractivity contribution in [1.82, 2.24) is 0 Å². The summed E-state index contributed by atoms with van der Waals surface area (Å²) in [5.74, 6) is 0. The third-order valence-corrected chi connectivity index (χ3v) is 3.50. The minimum Gasteiger partial charge on any atom is -0.225 e. The van der Waals surface area contributed by atoms with Gasteiger partial charge < -0.3 is 0 Å². The van der Waals surface area contributed by atoms with Crippen LogP contribution >= 0.6 is 11.6 Å². The maximum absolute atomic E-state index is 11.2. The summed E-state index contributed by atoms with van der Waals surface area (Å²) in [6, 6.07) is 4.89. The highest BCUT2D eigenvalue weighted by Crippen LogP contribution is 2.28. The van der Waals surface area contributed by atoms with Gasteiger partial charge in [-0.1, -0.05) is 38.4 Å². The molecule has 0 aliphatic carbocycles. The van der Waals surface area contributed by atoms with Crippen LogP contribution in [0.5, 0.6) is 0 Å². The molecule has 1 aromatic carbocycles. The van der Waals surface area contributed by atoms with Gasteiger partial charge in [0.1, 0.15) is 4.90 Å². The summed E-state index contributed by atoms with van der Waals surface area (Å²) >= 11 is 5.77. The van der Waals surface area contributed by atoms with Gasteiger partial charge in [0, 0.05) is 0 Å². The summed E-state index contributed by atoms with van der Waals surface area (Å²) in [4.78, 5) is -0.0170. The van der Waals surface area contributed by atoms with E-state index in [9.17, 15) is 8.42 Å². The van der Waals surface area contributed by atoms with Crippen molar-refractivity contribution in [3.63, 3.8) is 0 Å². The fraction of sp³-hybridized carbons (Fsp3) is 0.400. The maximum atomic E-state index is 11.2. The Morgan fingerprint density at radius 2 is 1.80 bits per heavy atom. The molecule has 0 aromatic heterocycles. The van der Waals surface area contributed by atoms with Crippen molar-refractivity contribution >= 4 is 21.6 Å². The summed E-state index contributed by atoms with van der Waals surface area (Å²) < 4.78 is 22.5. The van der Waals surface area contributed by atoms with E-state index in [4.69, 9.17) is 16.7 Å². The Morgan fingerprint density at radius 3 is 2.20 bits per heavy atom. The van der Waals surface area contributed by atoms with Gasteiger partial charge in [0.05, 0.1) is 5.02 Å². The van der Waals surface area contributed by atoms with Crippen LogP contribution in [-0.4, -0.2) is 8.42 Å². The largest absolute Gasteiger partial charge is 0.239 e. The van der Waals surface area contributed by atoms with Crippen LogP contribution in [0, 0.1) is 0 Å². The van der Waals surface area contributed by atoms with Gasteiger partial charge in [0.15, 0.2) is 0 Å². The smallest absolute Gasteiger partial charge is 0.225 e. The second-order valence-corrected chi connectivity index (χ2v) is 6.38. The average molecular weight is 248 g/mol. The Kier molecular flexibility index (Phi) is 3.14. The highest BCUT2D eigenvalue weighted by molar-refractivity contribution is 7.89. The number of sulfonamides is 1. The molecule has 5 heteroatoms. The SMILES string of the molecule is CC(C)(C)c1ccc(Cl)c(S(N)(=O)=O)c1. The first kappa shape index (κ1) is 12.5. The first-order valence-electron chi connectivity index (χ1n) is 4.45. The van der Waals surface area contributed by atoms with E-state index >= 15 is 0 Å². The van der Waals surface area contributed by atoms with E-state index < -0.39 is 10.0 Å². The number of hydrogen-bond acceptors (Lipinski definition) is 2. The quantitative estimate of drug-likeness (QED) is 0.828. The molecule has 0 fully saturated rings. The highest BCUT2D eigenvalue weighted by atomic mass is 35.5. The zero-order chi connectivity index (χ0) is 11.9. The standard InChI is InChI=1S/C10H14ClNO2S/c1-10(2,3)7-4-5-8(11)9(6-7)15(12,13)14/h4-6H,1-3H3,(H2,12,13,14). The molecule has 1 rings (SSSR count). The Hall–Kier alpha value is -0.580. The maximum Gasteiger partial charge on any atom is 0.239 e. The van der Waals surface area contributed by atoms with E-state index in [1.807, 2.05) is 20.8 Å². The molecule has 1 aromatic rings. The molecule has 0 saturated heterocycles. The van der Waals surface area contributed by atoms with Crippen LogP contribution in [-0.2, 0) is 15.4 Å². The second kappa shape index (κ2) is 3.77. The zero-order valence-electron chi connectivity index (χ0n) is 8.91. The predicted octanol–water partition coefficient (Wildman–Crippen LogP) is 2.28. The van der Waals surface area contributed by atoms with Crippen molar-refractivity contribution in [1.29, 1.82) is 0 Å². The molecule has 0 spiro atoms. The average Bonchev–Trinajstić information content (AvgIpc) is 2.00. The van der Waals surface area contributed by atoms with E-state index in [0.29, 0.717) is 0 Å². The molecule has 84 valence electrons. The van der Waals surface area contributed by atoms with Gasteiger partial charge in [0.2, 0.25) is 10.0 Å². The molecule has 3 nitrogen and oxygen atoms in total. The van der Waals surface area contributed by atoms with Gasteiger partial charge in [-0.2, -0.15) is 0 Å². The zero-order valence-corrected chi connectivity index (χ0v) is 10.5. The van der Waals surface area contributed by atoms with E-state index in [0.717, 1.165) is 5.56 Å². The molecule has 0 radical (unpaired) electrons. The van der Waals surface area contributed by atoms with Crippen molar-refractivity contribution in [2.24, 2.45) is 5.14 Å². The Balaban J connectivity index is 3.43. The van der Waals surface area contributed by atoms with Gasteiger partial charge in [-0.25, -0.2) is 13.6 Å². The summed E-state index contributed by atoms with van der Waals surface area (Å²) in [6.45, 7) is 5.97. The Bertz CT molecular complexity index is 475. The summed E-state index contributed by atoms with van der Waals surface area (Å²) in [6.07, 6.45) is 0. The fourth-order valence-electron chi connectivity index (χ4n) is 1.19. The highest BCUT2D eigenvalue weighted by Gasteiger charge is 2.19. The number of benzene rings is 1. The van der Waals surface area contributed by atoms with Gasteiger partial charge in [0.25, 0.3) is 0 Å². The summed E-state index contributed by atoms with van der Waals surface area (Å²) in [5, 5.41) is 5.22. The number of rotatable bonds is 1. The third-order valence-electron chi connectivity index (χ3n) is 2.10. The molecule has 0 unspecified atom stereocenters. The molecule has 15 heavy (non-hydrogen) atoms. The molecule has 0 saturated carbocycles. The van der Waals surface area contributed by atoms with Gasteiger partial charge >= 0.3 is 0 Å². The molecular weight excluding hydrogens is 234 g/mol. The van der Waals surface area contributed by atoms with Crippen LogP contribution in [0.2, 0.25) is 5.02 Å². The predicted molar refractivity (Wildman–Crippen MR) is 61.5 cm³/mol. The van der Waals surface area contributed by atoms with E-state index in [1.54, 1.807) is 12.1 Å². The van der Waals surface area contributed by atoms with E-state index in [1.165, 1.54) is 6.07 Å². The topological polar surface area (TPSA) is 60.2 Å². The van der Waals surface area contributed by atoms with Crippen LogP contribution in [0.4, 0.5) is 0 Å². The second-order valence-electron chi connectivity index (χ2n) is 4.44. The first-order valence-corrected chi connectivity index (χ1v) is 6.37. The van der Waals surface area contributed by atoms with Gasteiger partial charge in [-0.15, -0.1) is 0 Å². The fourth-order valence-corrected chi connectivity index (χ4v) is 2.26. The molecule has 0 aliphatic rings. The van der Waals surface area contributed by atoms with Crippen molar-refractivity contribution in [3.05, 3.63) is 28.8 Å². The van der Waals surface area contributed by atoms with Crippen LogP contribution < -0.4 is 5.14 Å². The molecule has 0 amide bonds. The van der Waals surface area contributed by atoms with Crippen molar-refractivity contribution in [2.45, 2.75) is 31.1 Å². The van der Waals surface area contributed by atoms with Gasteiger partial charge in [-0.3, -0.25) is 0 Å². The normalized spacial score (nSPS) is 12.9. The van der Waals surface area contributed by atoms with Crippen molar-refractivity contribution in [2.75, 3.05) is 0 Å². The summed E-state index contributed by atoms with van der Waals surface area (Å²) in [5.41, 5.74) is 0.750. The minimum absolute atomic E-state index is 0.0170. The molecular formula is C10H14ClNO2S. The van der Waals surface area contributed by atoms with Crippen LogP contribution in [0.3, 0.4) is 0 Å². The van der Waals surface area contributed by atoms with E-state index in [-0.39, 0.29) is 15.3 Å². The van der Waals surface area contributed by atoms with Crippen LogP contribution in [0.15, 0.2) is 23.1 Å². The van der Waals surface area contributed by atoms with Gasteiger partial charge in [-0.05, 0) is 23.1 Å². The minimum atomic E-state index is -3.75. The van der Waals surface area contributed by atoms with Crippen LogP contribution in [0.1, 0.15) is 26.3 Å². The molecule has 0 atom stereocenters. The monoisotopic (exact) mass is 247 g/mol. The number of nitrogens with two attached hydrogens (primary N) is 1. The number of primary sulfonamides is 1. The lowest BCUT2D eigenvalue weighted by atomic mass is 9.87.